The molecule has 0 saturated carbocycles. The number of alkyl halides is 2. The third-order valence-electron chi connectivity index (χ3n) is 1.50. The zero-order chi connectivity index (χ0) is 10.6. The van der Waals surface area contributed by atoms with Gasteiger partial charge < -0.3 is 4.74 Å². The summed E-state index contributed by atoms with van der Waals surface area (Å²) in [5.74, 6) is -0.386. The van der Waals surface area contributed by atoms with E-state index < -0.39 is 13.0 Å². The molecule has 0 bridgehead atoms. The molecule has 14 heavy (non-hydrogen) atoms. The summed E-state index contributed by atoms with van der Waals surface area (Å²) in [5, 5.41) is 0. The summed E-state index contributed by atoms with van der Waals surface area (Å²) in [6, 6.07) is 4.25. The maximum Gasteiger partial charge on any atom is 0.261 e. The normalized spacial score (nSPS) is 10.9. The number of ether oxygens (including phenoxy) is 1. The highest BCUT2D eigenvalue weighted by Gasteiger charge is 2.04. The zero-order valence-electron chi connectivity index (χ0n) is 7.14. The largest absolute Gasteiger partial charge is 0.371 e. The fourth-order valence-electron chi connectivity index (χ4n) is 0.895. The highest BCUT2D eigenvalue weighted by atomic mass is 79.9. The topological polar surface area (TPSA) is 9.23 Å². The van der Waals surface area contributed by atoms with E-state index >= 15 is 0 Å². The number of hydrogen-bond acceptors (Lipinski definition) is 1. The van der Waals surface area contributed by atoms with Crippen molar-refractivity contribution in [3.8, 4) is 0 Å². The molecule has 78 valence electrons. The molecule has 0 fully saturated rings. The van der Waals surface area contributed by atoms with Gasteiger partial charge in [0.2, 0.25) is 0 Å². The van der Waals surface area contributed by atoms with Gasteiger partial charge in [0.1, 0.15) is 12.4 Å². The van der Waals surface area contributed by atoms with Crippen molar-refractivity contribution < 1.29 is 17.9 Å². The molecule has 0 N–H and O–H groups in total. The maximum absolute atomic E-state index is 12.7. The molecule has 0 spiro atoms. The van der Waals surface area contributed by atoms with Crippen molar-refractivity contribution in [1.82, 2.24) is 0 Å². The van der Waals surface area contributed by atoms with Crippen molar-refractivity contribution in [3.63, 3.8) is 0 Å². The predicted octanol–water partition coefficient (Wildman–Crippen LogP) is 3.37. The Bertz CT molecular complexity index is 304. The minimum absolute atomic E-state index is 0.0587. The lowest BCUT2D eigenvalue weighted by molar-refractivity contribution is 0.00985. The Kier molecular flexibility index (Phi) is 4.41. The number of benzene rings is 1. The summed E-state index contributed by atoms with van der Waals surface area (Å²) < 4.78 is 41.1. The monoisotopic (exact) mass is 268 g/mol. The zero-order valence-corrected chi connectivity index (χ0v) is 8.73. The molecule has 0 aliphatic heterocycles. The summed E-state index contributed by atoms with van der Waals surface area (Å²) in [6.07, 6.45) is -2.47. The van der Waals surface area contributed by atoms with Crippen LogP contribution >= 0.6 is 15.9 Å². The van der Waals surface area contributed by atoms with E-state index in [2.05, 4.69) is 20.7 Å². The molecule has 0 unspecified atom stereocenters. The van der Waals surface area contributed by atoms with Crippen LogP contribution in [0.1, 0.15) is 5.56 Å². The molecule has 0 aromatic heterocycles. The van der Waals surface area contributed by atoms with E-state index in [-0.39, 0.29) is 12.4 Å². The Balaban J connectivity index is 2.47. The molecule has 0 radical (unpaired) electrons. The first-order valence-corrected chi connectivity index (χ1v) is 4.68. The third-order valence-corrected chi connectivity index (χ3v) is 2.10. The highest BCUT2D eigenvalue weighted by Crippen LogP contribution is 2.17. The molecular weight excluding hydrogens is 261 g/mol. The number of rotatable bonds is 4. The van der Waals surface area contributed by atoms with E-state index in [9.17, 15) is 13.2 Å². The van der Waals surface area contributed by atoms with Crippen molar-refractivity contribution in [2.75, 3.05) is 6.61 Å². The second-order valence-corrected chi connectivity index (χ2v) is 3.51. The molecule has 0 amide bonds. The lowest BCUT2D eigenvalue weighted by Crippen LogP contribution is -2.04. The summed E-state index contributed by atoms with van der Waals surface area (Å²) >= 11 is 2.99. The first kappa shape index (κ1) is 11.5. The average Bonchev–Trinajstić information content (AvgIpc) is 2.10. The second-order valence-electron chi connectivity index (χ2n) is 2.65. The highest BCUT2D eigenvalue weighted by molar-refractivity contribution is 9.10. The van der Waals surface area contributed by atoms with Gasteiger partial charge in [-0.25, -0.2) is 13.2 Å². The lowest BCUT2D eigenvalue weighted by Gasteiger charge is -2.04. The third kappa shape index (κ3) is 3.67. The van der Waals surface area contributed by atoms with Crippen molar-refractivity contribution in [2.24, 2.45) is 0 Å². The van der Waals surface area contributed by atoms with E-state index in [1.807, 2.05) is 0 Å². The van der Waals surface area contributed by atoms with Crippen LogP contribution in [0.25, 0.3) is 0 Å². The van der Waals surface area contributed by atoms with Crippen molar-refractivity contribution in [3.05, 3.63) is 34.1 Å². The van der Waals surface area contributed by atoms with E-state index in [1.165, 1.54) is 18.2 Å². The summed E-state index contributed by atoms with van der Waals surface area (Å²) in [6.45, 7) is -0.543. The van der Waals surface area contributed by atoms with Gasteiger partial charge in [-0.05, 0) is 33.6 Å². The molecule has 0 aliphatic carbocycles. The summed E-state index contributed by atoms with van der Waals surface area (Å²) in [5.41, 5.74) is 0.652. The van der Waals surface area contributed by atoms with E-state index in [4.69, 9.17) is 0 Å². The minimum Gasteiger partial charge on any atom is -0.371 e. The quantitative estimate of drug-likeness (QED) is 0.814. The van der Waals surface area contributed by atoms with Crippen molar-refractivity contribution in [1.29, 1.82) is 0 Å². The van der Waals surface area contributed by atoms with E-state index in [1.54, 1.807) is 0 Å². The van der Waals surface area contributed by atoms with Gasteiger partial charge in [0.05, 0.1) is 11.1 Å². The smallest absolute Gasteiger partial charge is 0.261 e. The van der Waals surface area contributed by atoms with Crippen LogP contribution < -0.4 is 0 Å². The first-order valence-electron chi connectivity index (χ1n) is 3.89. The Morgan fingerprint density at radius 2 is 2.07 bits per heavy atom. The lowest BCUT2D eigenvalue weighted by atomic mass is 10.2. The fraction of sp³-hybridized carbons (Fsp3) is 0.333. The van der Waals surface area contributed by atoms with Crippen molar-refractivity contribution in [2.45, 2.75) is 13.0 Å². The van der Waals surface area contributed by atoms with Gasteiger partial charge in [0.25, 0.3) is 6.43 Å². The SMILES string of the molecule is Fc1ccc(COCC(F)F)cc1Br. The van der Waals surface area contributed by atoms with Crippen molar-refractivity contribution >= 4 is 15.9 Å². The molecule has 1 rings (SSSR count). The Labute approximate surface area is 88.0 Å². The van der Waals surface area contributed by atoms with Crippen LogP contribution in [0, 0.1) is 5.82 Å². The van der Waals surface area contributed by atoms with Gasteiger partial charge in [-0.2, -0.15) is 0 Å². The van der Waals surface area contributed by atoms with Gasteiger partial charge in [-0.15, -0.1) is 0 Å². The predicted molar refractivity (Wildman–Crippen MR) is 49.8 cm³/mol. The van der Waals surface area contributed by atoms with Gasteiger partial charge in [0.15, 0.2) is 0 Å². The van der Waals surface area contributed by atoms with Gasteiger partial charge in [-0.3, -0.25) is 0 Å². The van der Waals surface area contributed by atoms with Crippen LogP contribution in [0.15, 0.2) is 22.7 Å². The molecule has 1 aromatic rings. The standard InChI is InChI=1S/C9H8BrF3O/c10-7-3-6(1-2-8(7)11)4-14-5-9(12)13/h1-3,9H,4-5H2. The molecule has 5 heteroatoms. The molecule has 0 aliphatic rings. The Morgan fingerprint density at radius 1 is 1.36 bits per heavy atom. The number of hydrogen-bond donors (Lipinski definition) is 0. The van der Waals surface area contributed by atoms with Crippen LogP contribution in [-0.2, 0) is 11.3 Å². The number of halogens is 4. The second kappa shape index (κ2) is 5.36. The van der Waals surface area contributed by atoms with Crippen LogP contribution in [0.4, 0.5) is 13.2 Å². The van der Waals surface area contributed by atoms with Crippen LogP contribution in [0.2, 0.25) is 0 Å². The molecule has 1 aromatic carbocycles. The average molecular weight is 269 g/mol. The van der Waals surface area contributed by atoms with E-state index in [0.717, 1.165) is 0 Å². The maximum atomic E-state index is 12.7. The molecule has 0 heterocycles. The van der Waals surface area contributed by atoms with Crippen LogP contribution in [0.5, 0.6) is 0 Å². The minimum atomic E-state index is -2.47. The molecule has 0 saturated heterocycles. The molecule has 1 nitrogen and oxygen atoms in total. The molecular formula is C9H8BrF3O. The molecule has 0 atom stereocenters. The van der Waals surface area contributed by atoms with Gasteiger partial charge in [-0.1, -0.05) is 6.07 Å². The van der Waals surface area contributed by atoms with Gasteiger partial charge in [0, 0.05) is 0 Å². The van der Waals surface area contributed by atoms with Crippen LogP contribution in [0.3, 0.4) is 0 Å². The Hall–Kier alpha value is -0.550. The summed E-state index contributed by atoms with van der Waals surface area (Å²) in [4.78, 5) is 0. The Morgan fingerprint density at radius 3 is 2.64 bits per heavy atom. The van der Waals surface area contributed by atoms with Crippen LogP contribution in [-0.4, -0.2) is 13.0 Å². The fourth-order valence-corrected chi connectivity index (χ4v) is 1.32. The van der Waals surface area contributed by atoms with E-state index in [0.29, 0.717) is 10.0 Å². The summed E-state index contributed by atoms with van der Waals surface area (Å²) in [7, 11) is 0. The first-order chi connectivity index (χ1) is 6.59. The van der Waals surface area contributed by atoms with Gasteiger partial charge >= 0.3 is 0 Å².